The number of fused-ring (bicyclic) bond motifs is 1. The lowest BCUT2D eigenvalue weighted by Gasteiger charge is -2.18. The van der Waals surface area contributed by atoms with E-state index in [1.807, 2.05) is 41.4 Å². The number of carbonyl (C=O) groups is 1. The molecule has 0 unspecified atom stereocenters. The Morgan fingerprint density at radius 1 is 1.23 bits per heavy atom. The number of aromatic nitrogens is 1. The number of nitrogens with zero attached hydrogens (tertiary/aromatic N) is 2. The third-order valence-corrected chi connectivity index (χ3v) is 5.45. The van der Waals surface area contributed by atoms with Crippen LogP contribution in [0.4, 0.5) is 10.1 Å². The summed E-state index contributed by atoms with van der Waals surface area (Å²) in [5.41, 5.74) is 3.19. The quantitative estimate of drug-likeness (QED) is 0.480. The van der Waals surface area contributed by atoms with Gasteiger partial charge in [0.15, 0.2) is 0 Å². The number of para-hydroxylation sites is 1. The summed E-state index contributed by atoms with van der Waals surface area (Å²) in [6.45, 7) is 2.12. The molecule has 3 aromatic rings. The number of anilines is 1. The molecule has 1 fully saturated rings. The summed E-state index contributed by atoms with van der Waals surface area (Å²) in [5.74, 6) is -0.788. The minimum absolute atomic E-state index is 0.0396. The Kier molecular flexibility index (Phi) is 5.80. The van der Waals surface area contributed by atoms with Crippen molar-refractivity contribution in [1.29, 1.82) is 5.26 Å². The third kappa shape index (κ3) is 4.20. The van der Waals surface area contributed by atoms with E-state index in [1.165, 1.54) is 12.1 Å². The zero-order valence-electron chi connectivity index (χ0n) is 16.6. The van der Waals surface area contributed by atoms with Crippen LogP contribution in [-0.2, 0) is 11.2 Å². The van der Waals surface area contributed by atoms with Crippen LogP contribution < -0.4 is 10.2 Å². The number of hydrogen-bond acceptors (Lipinski definition) is 3. The number of nitrogens with one attached hydrogen (secondary N) is 2. The predicted molar refractivity (Wildman–Crippen MR) is 116 cm³/mol. The topological polar surface area (TPSA) is 71.9 Å². The van der Waals surface area contributed by atoms with Crippen LogP contribution in [0.3, 0.4) is 0 Å². The second-order valence-electron chi connectivity index (χ2n) is 7.44. The van der Waals surface area contributed by atoms with Gasteiger partial charge in [-0.25, -0.2) is 4.39 Å². The average molecular weight is 402 g/mol. The Balaban J connectivity index is 1.40. The molecule has 1 amide bonds. The number of aromatic amines is 1. The molecule has 2 N–H and O–H groups in total. The second kappa shape index (κ2) is 8.83. The van der Waals surface area contributed by atoms with Crippen LogP contribution in [-0.4, -0.2) is 30.5 Å². The molecule has 152 valence electrons. The number of halogens is 1. The zero-order valence-corrected chi connectivity index (χ0v) is 16.6. The van der Waals surface area contributed by atoms with E-state index in [4.69, 9.17) is 0 Å². The number of rotatable bonds is 6. The molecule has 1 aliphatic rings. The van der Waals surface area contributed by atoms with Crippen LogP contribution in [0.15, 0.2) is 54.2 Å². The van der Waals surface area contributed by atoms with Gasteiger partial charge >= 0.3 is 0 Å². The van der Waals surface area contributed by atoms with Crippen molar-refractivity contribution in [1.82, 2.24) is 10.3 Å². The summed E-state index contributed by atoms with van der Waals surface area (Å²) in [7, 11) is 0. The van der Waals surface area contributed by atoms with E-state index in [2.05, 4.69) is 10.3 Å². The first kappa shape index (κ1) is 19.7. The van der Waals surface area contributed by atoms with Crippen molar-refractivity contribution in [2.75, 3.05) is 24.5 Å². The molecule has 1 aromatic heterocycles. The number of amides is 1. The summed E-state index contributed by atoms with van der Waals surface area (Å²) >= 11 is 0. The molecular weight excluding hydrogens is 379 g/mol. The molecule has 2 heterocycles. The lowest BCUT2D eigenvalue weighted by atomic mass is 10.1. The van der Waals surface area contributed by atoms with Crippen molar-refractivity contribution >= 4 is 28.6 Å². The summed E-state index contributed by atoms with van der Waals surface area (Å²) in [5, 5.41) is 13.3. The number of benzene rings is 2. The first-order chi connectivity index (χ1) is 14.7. The van der Waals surface area contributed by atoms with Crippen LogP contribution in [0.25, 0.3) is 17.0 Å². The molecule has 4 rings (SSSR count). The van der Waals surface area contributed by atoms with Gasteiger partial charge in [0.25, 0.3) is 5.91 Å². The Morgan fingerprint density at radius 2 is 2.03 bits per heavy atom. The van der Waals surface area contributed by atoms with Gasteiger partial charge in [-0.3, -0.25) is 4.79 Å². The van der Waals surface area contributed by atoms with Gasteiger partial charge in [-0.1, -0.05) is 24.3 Å². The van der Waals surface area contributed by atoms with Gasteiger partial charge in [0, 0.05) is 36.7 Å². The molecule has 0 aliphatic carbocycles. The molecule has 0 bridgehead atoms. The van der Waals surface area contributed by atoms with Gasteiger partial charge in [0.2, 0.25) is 0 Å². The van der Waals surface area contributed by atoms with Crippen molar-refractivity contribution in [3.8, 4) is 6.07 Å². The normalized spacial score (nSPS) is 14.1. The molecule has 5 nitrogen and oxygen atoms in total. The molecule has 0 spiro atoms. The van der Waals surface area contributed by atoms with Crippen molar-refractivity contribution < 1.29 is 9.18 Å². The van der Waals surface area contributed by atoms with E-state index >= 15 is 0 Å². The fourth-order valence-corrected chi connectivity index (χ4v) is 3.89. The number of carbonyl (C=O) groups excluding carboxylic acids is 1. The highest BCUT2D eigenvalue weighted by Gasteiger charge is 2.16. The van der Waals surface area contributed by atoms with Crippen LogP contribution >= 0.6 is 0 Å². The van der Waals surface area contributed by atoms with E-state index in [0.717, 1.165) is 42.4 Å². The van der Waals surface area contributed by atoms with Crippen molar-refractivity contribution in [2.24, 2.45) is 0 Å². The highest BCUT2D eigenvalue weighted by molar-refractivity contribution is 6.01. The lowest BCUT2D eigenvalue weighted by Crippen LogP contribution is -2.26. The molecule has 0 radical (unpaired) electrons. The third-order valence-electron chi connectivity index (χ3n) is 5.45. The smallest absolute Gasteiger partial charge is 0.261 e. The van der Waals surface area contributed by atoms with Crippen LogP contribution in [0.1, 0.15) is 24.0 Å². The monoisotopic (exact) mass is 402 g/mol. The molecule has 2 aromatic carbocycles. The summed E-state index contributed by atoms with van der Waals surface area (Å²) in [6.07, 6.45) is 6.14. The number of hydrogen-bond donors (Lipinski definition) is 2. The summed E-state index contributed by atoms with van der Waals surface area (Å²) in [6, 6.07) is 14.7. The first-order valence-electron chi connectivity index (χ1n) is 10.1. The minimum Gasteiger partial charge on any atom is -0.369 e. The van der Waals surface area contributed by atoms with Gasteiger partial charge in [-0.15, -0.1) is 0 Å². The molecule has 1 aliphatic heterocycles. The highest BCUT2D eigenvalue weighted by atomic mass is 19.1. The van der Waals surface area contributed by atoms with Crippen molar-refractivity contribution in [2.45, 2.75) is 19.3 Å². The van der Waals surface area contributed by atoms with E-state index in [9.17, 15) is 14.4 Å². The lowest BCUT2D eigenvalue weighted by molar-refractivity contribution is -0.117. The Morgan fingerprint density at radius 3 is 2.80 bits per heavy atom. The van der Waals surface area contributed by atoms with Gasteiger partial charge in [-0.05, 0) is 54.7 Å². The van der Waals surface area contributed by atoms with Gasteiger partial charge in [0.1, 0.15) is 17.5 Å². The fraction of sp³-hybridized carbons (Fsp3) is 0.250. The molecule has 1 saturated heterocycles. The summed E-state index contributed by atoms with van der Waals surface area (Å²) < 4.78 is 14.5. The molecular formula is C24H23FN4O. The molecule has 0 saturated carbocycles. The first-order valence-corrected chi connectivity index (χ1v) is 10.1. The fourth-order valence-electron chi connectivity index (χ4n) is 3.89. The minimum atomic E-state index is -0.457. The zero-order chi connectivity index (χ0) is 20.9. The predicted octanol–water partition coefficient (Wildman–Crippen LogP) is 4.17. The van der Waals surface area contributed by atoms with Crippen LogP contribution in [0.5, 0.6) is 0 Å². The van der Waals surface area contributed by atoms with Crippen LogP contribution in [0.2, 0.25) is 0 Å². The van der Waals surface area contributed by atoms with E-state index < -0.39 is 5.91 Å². The standard InChI is InChI=1S/C24H23FN4O/c25-21-14-17(7-8-23(21)29-11-3-4-12-29)13-19(15-26)24(30)27-10-9-18-16-28-22-6-2-1-5-20(18)22/h1-2,5-8,13-14,16,28H,3-4,9-12H2,(H,27,30)/b19-13+. The SMILES string of the molecule is N#C/C(=C\c1ccc(N2CCCC2)c(F)c1)C(=O)NCCc1c[nH]c2ccccc12. The van der Waals surface area contributed by atoms with Crippen molar-refractivity contribution in [3.05, 3.63) is 71.2 Å². The number of H-pyrrole nitrogens is 1. The number of nitriles is 1. The summed E-state index contributed by atoms with van der Waals surface area (Å²) in [4.78, 5) is 17.6. The second-order valence-corrected chi connectivity index (χ2v) is 7.44. The Labute approximate surface area is 174 Å². The van der Waals surface area contributed by atoms with Crippen molar-refractivity contribution in [3.63, 3.8) is 0 Å². The van der Waals surface area contributed by atoms with E-state index in [-0.39, 0.29) is 11.4 Å². The van der Waals surface area contributed by atoms with Gasteiger partial charge in [0.05, 0.1) is 5.69 Å². The van der Waals surface area contributed by atoms with E-state index in [0.29, 0.717) is 24.2 Å². The highest BCUT2D eigenvalue weighted by Crippen LogP contribution is 2.25. The Hall–Kier alpha value is -3.59. The maximum atomic E-state index is 14.5. The van der Waals surface area contributed by atoms with E-state index in [1.54, 1.807) is 12.1 Å². The molecule has 30 heavy (non-hydrogen) atoms. The Bertz CT molecular complexity index is 1140. The van der Waals surface area contributed by atoms with Crippen LogP contribution in [0, 0.1) is 17.1 Å². The maximum absolute atomic E-state index is 14.5. The van der Waals surface area contributed by atoms with Gasteiger partial charge < -0.3 is 15.2 Å². The molecule has 0 atom stereocenters. The largest absolute Gasteiger partial charge is 0.369 e. The maximum Gasteiger partial charge on any atom is 0.261 e. The molecule has 6 heteroatoms. The van der Waals surface area contributed by atoms with Gasteiger partial charge in [-0.2, -0.15) is 5.26 Å². The average Bonchev–Trinajstić information content (AvgIpc) is 3.42.